The van der Waals surface area contributed by atoms with Gasteiger partial charge in [0, 0.05) is 3.58 Å². The first-order valence-electron chi connectivity index (χ1n) is 5.25. The molecule has 0 spiro atoms. The Hall–Kier alpha value is 0.430. The summed E-state index contributed by atoms with van der Waals surface area (Å²) in [7, 11) is 0. The van der Waals surface area contributed by atoms with Crippen LogP contribution in [0.3, 0.4) is 0 Å². The summed E-state index contributed by atoms with van der Waals surface area (Å²) in [5, 5.41) is 0. The standard InChI is InChI=1S/C11H19IO/c1-3-4-5-6-7-8-10-11(13-10)9(2)12/h10-11H,2-8H2,1H3/t10-,11+/m1/s1. The second kappa shape index (κ2) is 6.02. The summed E-state index contributed by atoms with van der Waals surface area (Å²) < 4.78 is 6.64. The minimum Gasteiger partial charge on any atom is -0.364 e. The van der Waals surface area contributed by atoms with Crippen molar-refractivity contribution in [3.05, 3.63) is 10.2 Å². The second-order valence-corrected chi connectivity index (χ2v) is 5.13. The van der Waals surface area contributed by atoms with Crippen LogP contribution in [0, 0.1) is 0 Å². The molecule has 0 amide bonds. The highest BCUT2D eigenvalue weighted by Gasteiger charge is 2.39. The van der Waals surface area contributed by atoms with Gasteiger partial charge in [-0.3, -0.25) is 0 Å². The van der Waals surface area contributed by atoms with Crippen molar-refractivity contribution >= 4 is 22.6 Å². The molecule has 1 fully saturated rings. The van der Waals surface area contributed by atoms with Gasteiger partial charge >= 0.3 is 0 Å². The van der Waals surface area contributed by atoms with Gasteiger partial charge in [-0.1, -0.05) is 45.6 Å². The minimum atomic E-state index is 0.381. The molecule has 1 aliphatic rings. The summed E-state index contributed by atoms with van der Waals surface area (Å²) in [4.78, 5) is 0. The first-order chi connectivity index (χ1) is 6.25. The van der Waals surface area contributed by atoms with Crippen molar-refractivity contribution in [1.29, 1.82) is 0 Å². The van der Waals surface area contributed by atoms with Crippen molar-refractivity contribution in [1.82, 2.24) is 0 Å². The van der Waals surface area contributed by atoms with Gasteiger partial charge in [-0.15, -0.1) is 0 Å². The van der Waals surface area contributed by atoms with E-state index in [1.807, 2.05) is 0 Å². The molecular weight excluding hydrogens is 275 g/mol. The van der Waals surface area contributed by atoms with Gasteiger partial charge in [0.15, 0.2) is 0 Å². The topological polar surface area (TPSA) is 12.5 Å². The summed E-state index contributed by atoms with van der Waals surface area (Å²) in [6.45, 7) is 6.14. The van der Waals surface area contributed by atoms with Gasteiger partial charge in [0.1, 0.15) is 6.10 Å². The zero-order valence-corrected chi connectivity index (χ0v) is 10.5. The van der Waals surface area contributed by atoms with E-state index in [2.05, 4.69) is 36.1 Å². The third kappa shape index (κ3) is 4.45. The summed E-state index contributed by atoms with van der Waals surface area (Å²) in [5.74, 6) is 0. The molecule has 0 saturated carbocycles. The Kier molecular flexibility index (Phi) is 5.32. The minimum absolute atomic E-state index is 0.381. The van der Waals surface area contributed by atoms with Gasteiger partial charge < -0.3 is 4.74 Å². The number of unbranched alkanes of at least 4 members (excludes halogenated alkanes) is 4. The molecular formula is C11H19IO. The Morgan fingerprint density at radius 2 is 2.00 bits per heavy atom. The average Bonchev–Trinajstić information content (AvgIpc) is 2.83. The smallest absolute Gasteiger partial charge is 0.114 e. The van der Waals surface area contributed by atoms with E-state index in [1.165, 1.54) is 38.5 Å². The van der Waals surface area contributed by atoms with Crippen LogP contribution >= 0.6 is 22.6 Å². The van der Waals surface area contributed by atoms with E-state index in [1.54, 1.807) is 0 Å². The molecule has 2 heteroatoms. The highest BCUT2D eigenvalue weighted by atomic mass is 127. The van der Waals surface area contributed by atoms with Gasteiger partial charge in [0.25, 0.3) is 0 Å². The molecule has 2 atom stereocenters. The van der Waals surface area contributed by atoms with Gasteiger partial charge in [-0.2, -0.15) is 0 Å². The van der Waals surface area contributed by atoms with Crippen molar-refractivity contribution < 1.29 is 4.74 Å². The molecule has 1 aliphatic heterocycles. The number of hydrogen-bond donors (Lipinski definition) is 0. The number of ether oxygens (including phenoxy) is 1. The lowest BCUT2D eigenvalue weighted by atomic mass is 10.1. The fraction of sp³-hybridized carbons (Fsp3) is 0.818. The van der Waals surface area contributed by atoms with Crippen molar-refractivity contribution in [2.24, 2.45) is 0 Å². The van der Waals surface area contributed by atoms with Crippen LogP contribution in [-0.4, -0.2) is 12.2 Å². The van der Waals surface area contributed by atoms with E-state index in [0.717, 1.165) is 3.58 Å². The van der Waals surface area contributed by atoms with Gasteiger partial charge in [-0.05, 0) is 29.0 Å². The first kappa shape index (κ1) is 11.5. The summed E-state index contributed by atoms with van der Waals surface area (Å²) in [6, 6.07) is 0. The molecule has 0 aliphatic carbocycles. The van der Waals surface area contributed by atoms with Crippen LogP contribution in [-0.2, 0) is 4.74 Å². The zero-order valence-electron chi connectivity index (χ0n) is 8.39. The zero-order chi connectivity index (χ0) is 9.68. The van der Waals surface area contributed by atoms with Crippen LogP contribution < -0.4 is 0 Å². The maximum Gasteiger partial charge on any atom is 0.114 e. The summed E-state index contributed by atoms with van der Waals surface area (Å²) >= 11 is 2.27. The molecule has 1 heterocycles. The van der Waals surface area contributed by atoms with Crippen molar-refractivity contribution in [3.63, 3.8) is 0 Å². The van der Waals surface area contributed by atoms with Crippen molar-refractivity contribution in [3.8, 4) is 0 Å². The number of halogens is 1. The molecule has 76 valence electrons. The third-order valence-electron chi connectivity index (χ3n) is 2.48. The number of hydrogen-bond acceptors (Lipinski definition) is 1. The van der Waals surface area contributed by atoms with Gasteiger partial charge in [-0.25, -0.2) is 0 Å². The maximum atomic E-state index is 5.48. The monoisotopic (exact) mass is 294 g/mol. The molecule has 0 radical (unpaired) electrons. The highest BCUT2D eigenvalue weighted by Crippen LogP contribution is 2.35. The van der Waals surface area contributed by atoms with Crippen molar-refractivity contribution in [2.45, 2.75) is 57.7 Å². The molecule has 13 heavy (non-hydrogen) atoms. The third-order valence-corrected chi connectivity index (χ3v) is 3.10. The summed E-state index contributed by atoms with van der Waals surface area (Å²) in [6.07, 6.45) is 8.91. The molecule has 0 aromatic heterocycles. The molecule has 0 unspecified atom stereocenters. The Balaban J connectivity index is 1.88. The predicted octanol–water partition coefficient (Wildman–Crippen LogP) is 4.06. The largest absolute Gasteiger partial charge is 0.364 e. The molecule has 0 aromatic rings. The summed E-state index contributed by atoms with van der Waals surface area (Å²) in [5.41, 5.74) is 0. The molecule has 1 nitrogen and oxygen atoms in total. The lowest BCUT2D eigenvalue weighted by Crippen LogP contribution is -1.92. The Labute approximate surface area is 95.1 Å². The lowest BCUT2D eigenvalue weighted by molar-refractivity contribution is 0.372. The van der Waals surface area contributed by atoms with E-state index in [4.69, 9.17) is 4.74 Å². The van der Waals surface area contributed by atoms with E-state index in [-0.39, 0.29) is 0 Å². The van der Waals surface area contributed by atoms with E-state index < -0.39 is 0 Å². The predicted molar refractivity (Wildman–Crippen MR) is 65.2 cm³/mol. The molecule has 0 bridgehead atoms. The second-order valence-electron chi connectivity index (χ2n) is 3.74. The SMILES string of the molecule is C=C(I)[C@@H]1O[C@@H]1CCCCCCC. The molecule has 0 N–H and O–H groups in total. The quantitative estimate of drug-likeness (QED) is 0.392. The van der Waals surface area contributed by atoms with Gasteiger partial charge in [0.05, 0.1) is 6.10 Å². The maximum absolute atomic E-state index is 5.48. The average molecular weight is 294 g/mol. The first-order valence-corrected chi connectivity index (χ1v) is 6.33. The number of rotatable bonds is 7. The van der Waals surface area contributed by atoms with Crippen LogP contribution in [0.4, 0.5) is 0 Å². The highest BCUT2D eigenvalue weighted by molar-refractivity contribution is 14.1. The Bertz CT molecular complexity index is 167. The number of epoxide rings is 1. The Morgan fingerprint density at radius 3 is 2.54 bits per heavy atom. The van der Waals surface area contributed by atoms with Crippen LogP contribution in [0.15, 0.2) is 10.2 Å². The van der Waals surface area contributed by atoms with E-state index in [9.17, 15) is 0 Å². The van der Waals surface area contributed by atoms with E-state index >= 15 is 0 Å². The van der Waals surface area contributed by atoms with Crippen LogP contribution in [0.5, 0.6) is 0 Å². The normalized spacial score (nSPS) is 26.0. The van der Waals surface area contributed by atoms with E-state index in [0.29, 0.717) is 12.2 Å². The van der Waals surface area contributed by atoms with Crippen LogP contribution in [0.1, 0.15) is 45.4 Å². The van der Waals surface area contributed by atoms with Crippen LogP contribution in [0.2, 0.25) is 0 Å². The molecule has 1 rings (SSSR count). The lowest BCUT2D eigenvalue weighted by Gasteiger charge is -1.97. The fourth-order valence-electron chi connectivity index (χ4n) is 1.59. The molecule has 1 saturated heterocycles. The van der Waals surface area contributed by atoms with Gasteiger partial charge in [0.2, 0.25) is 0 Å². The van der Waals surface area contributed by atoms with Crippen molar-refractivity contribution in [2.75, 3.05) is 0 Å². The fourth-order valence-corrected chi connectivity index (χ4v) is 2.13. The molecule has 0 aromatic carbocycles. The Morgan fingerprint density at radius 1 is 1.31 bits per heavy atom. The van der Waals surface area contributed by atoms with Crippen LogP contribution in [0.25, 0.3) is 0 Å².